The fraction of sp³-hybridized carbons (Fsp3) is 0.150. The lowest BCUT2D eigenvalue weighted by atomic mass is 10.0. The average Bonchev–Trinajstić information content (AvgIpc) is 3.15. The fourth-order valence-corrected chi connectivity index (χ4v) is 3.37. The van der Waals surface area contributed by atoms with E-state index < -0.39 is 62.3 Å². The van der Waals surface area contributed by atoms with Gasteiger partial charge in [-0.1, -0.05) is 18.2 Å². The number of halogens is 6. The third-order valence-electron chi connectivity index (χ3n) is 4.35. The van der Waals surface area contributed by atoms with Crippen LogP contribution in [0.15, 0.2) is 40.9 Å². The Morgan fingerprint density at radius 1 is 1.00 bits per heavy atom. The number of esters is 2. The molecule has 0 atom stereocenters. The molecule has 0 saturated heterocycles. The van der Waals surface area contributed by atoms with Crippen LogP contribution in [-0.2, 0) is 15.7 Å². The highest BCUT2D eigenvalue weighted by Crippen LogP contribution is 2.41. The van der Waals surface area contributed by atoms with Gasteiger partial charge in [0.15, 0.2) is 5.69 Å². The van der Waals surface area contributed by atoms with Crippen LogP contribution in [0.25, 0.3) is 16.9 Å². The van der Waals surface area contributed by atoms with Crippen molar-refractivity contribution in [2.75, 3.05) is 14.2 Å². The van der Waals surface area contributed by atoms with Gasteiger partial charge in [-0.15, -0.1) is 0 Å². The summed E-state index contributed by atoms with van der Waals surface area (Å²) < 4.78 is 79.3. The highest BCUT2D eigenvalue weighted by molar-refractivity contribution is 9.10. The summed E-state index contributed by atoms with van der Waals surface area (Å²) in [7, 11) is 1.90. The van der Waals surface area contributed by atoms with Crippen LogP contribution in [0.5, 0.6) is 0 Å². The van der Waals surface area contributed by atoms with Crippen molar-refractivity contribution in [2.24, 2.45) is 0 Å². The summed E-state index contributed by atoms with van der Waals surface area (Å²) >= 11 is 2.63. The average molecular weight is 519 g/mol. The van der Waals surface area contributed by atoms with Crippen LogP contribution in [-0.4, -0.2) is 35.9 Å². The van der Waals surface area contributed by atoms with Crippen molar-refractivity contribution in [3.8, 4) is 16.9 Å². The van der Waals surface area contributed by atoms with Crippen molar-refractivity contribution < 1.29 is 41.0 Å². The minimum absolute atomic E-state index is 0.163. The normalized spacial score (nSPS) is 11.4. The van der Waals surface area contributed by atoms with E-state index in [4.69, 9.17) is 0 Å². The van der Waals surface area contributed by atoms with Crippen LogP contribution in [0.1, 0.15) is 26.4 Å². The van der Waals surface area contributed by atoms with Gasteiger partial charge in [0.25, 0.3) is 0 Å². The van der Waals surface area contributed by atoms with Gasteiger partial charge in [0.2, 0.25) is 0 Å². The van der Waals surface area contributed by atoms with Crippen molar-refractivity contribution in [1.29, 1.82) is 0 Å². The molecule has 0 unspecified atom stereocenters. The lowest BCUT2D eigenvalue weighted by Gasteiger charge is -2.13. The number of benzene rings is 2. The van der Waals surface area contributed by atoms with E-state index in [0.717, 1.165) is 18.9 Å². The van der Waals surface area contributed by atoms with Crippen LogP contribution >= 0.6 is 15.9 Å². The maximum atomic E-state index is 15.0. The molecule has 0 bridgehead atoms. The van der Waals surface area contributed by atoms with Crippen molar-refractivity contribution in [1.82, 2.24) is 9.78 Å². The van der Waals surface area contributed by atoms with E-state index in [9.17, 15) is 31.5 Å². The Balaban J connectivity index is 2.51. The van der Waals surface area contributed by atoms with E-state index in [0.29, 0.717) is 0 Å². The van der Waals surface area contributed by atoms with Gasteiger partial charge >= 0.3 is 18.1 Å². The minimum atomic E-state index is -5.19. The molecule has 0 aliphatic heterocycles. The Morgan fingerprint density at radius 3 is 2.12 bits per heavy atom. The SMILES string of the molecule is COC(=O)c1c(-c2c(F)c(Br)cc(C(F)(F)F)c2F)nn(-c2ccccc2)c1C(=O)OC. The molecule has 6 nitrogen and oxygen atoms in total. The highest BCUT2D eigenvalue weighted by atomic mass is 79.9. The number of rotatable bonds is 4. The first kappa shape index (κ1) is 23.4. The second kappa shape index (κ2) is 8.69. The largest absolute Gasteiger partial charge is 0.465 e. The monoisotopic (exact) mass is 518 g/mol. The summed E-state index contributed by atoms with van der Waals surface area (Å²) in [6.45, 7) is 0. The van der Waals surface area contributed by atoms with Crippen LogP contribution in [0, 0.1) is 11.6 Å². The molecule has 12 heteroatoms. The highest BCUT2D eigenvalue weighted by Gasteiger charge is 2.40. The van der Waals surface area contributed by atoms with Crippen molar-refractivity contribution in [3.05, 3.63) is 69.3 Å². The van der Waals surface area contributed by atoms with E-state index in [1.165, 1.54) is 24.3 Å². The summed E-state index contributed by atoms with van der Waals surface area (Å²) in [5.41, 5.74) is -5.14. The van der Waals surface area contributed by atoms with Gasteiger partial charge in [0, 0.05) is 0 Å². The molecule has 0 fully saturated rings. The molecule has 168 valence electrons. The van der Waals surface area contributed by atoms with Crippen LogP contribution in [0.4, 0.5) is 22.0 Å². The first-order valence-corrected chi connectivity index (χ1v) is 9.42. The topological polar surface area (TPSA) is 70.4 Å². The maximum absolute atomic E-state index is 15.0. The predicted octanol–water partition coefficient (Wildman–Crippen LogP) is 5.17. The third kappa shape index (κ3) is 3.97. The lowest BCUT2D eigenvalue weighted by Crippen LogP contribution is -2.15. The predicted molar refractivity (Wildman–Crippen MR) is 104 cm³/mol. The van der Waals surface area contributed by atoms with Gasteiger partial charge in [0.1, 0.15) is 22.9 Å². The van der Waals surface area contributed by atoms with Crippen molar-refractivity contribution in [2.45, 2.75) is 6.18 Å². The molecule has 1 heterocycles. The van der Waals surface area contributed by atoms with Crippen LogP contribution < -0.4 is 0 Å². The molecular formula is C20H12BrF5N2O4. The molecule has 0 aliphatic rings. The number of carbonyl (C=O) groups excluding carboxylic acids is 2. The molecule has 3 rings (SSSR count). The Morgan fingerprint density at radius 2 is 1.59 bits per heavy atom. The van der Waals surface area contributed by atoms with E-state index in [1.54, 1.807) is 6.07 Å². The molecule has 2 aromatic carbocycles. The number of methoxy groups -OCH3 is 2. The van der Waals surface area contributed by atoms with Gasteiger partial charge in [0.05, 0.1) is 35.5 Å². The van der Waals surface area contributed by atoms with Gasteiger partial charge in [-0.25, -0.2) is 23.1 Å². The van der Waals surface area contributed by atoms with Crippen LogP contribution in [0.3, 0.4) is 0 Å². The zero-order valence-corrected chi connectivity index (χ0v) is 17.8. The van der Waals surface area contributed by atoms with Crippen molar-refractivity contribution in [3.63, 3.8) is 0 Å². The summed E-state index contributed by atoms with van der Waals surface area (Å²) in [4.78, 5) is 25.0. The molecule has 32 heavy (non-hydrogen) atoms. The van der Waals surface area contributed by atoms with Gasteiger partial charge in [-0.3, -0.25) is 0 Å². The second-order valence-electron chi connectivity index (χ2n) is 6.21. The molecular weight excluding hydrogens is 507 g/mol. The zero-order chi connectivity index (χ0) is 23.8. The Labute approximate surface area is 185 Å². The number of nitrogens with zero attached hydrogens (tertiary/aromatic N) is 2. The summed E-state index contributed by atoms with van der Waals surface area (Å²) in [6.07, 6.45) is -5.19. The second-order valence-corrected chi connectivity index (χ2v) is 7.06. The number of ether oxygens (including phenoxy) is 2. The Bertz CT molecular complexity index is 1210. The van der Waals surface area contributed by atoms with Gasteiger partial charge < -0.3 is 9.47 Å². The first-order chi connectivity index (χ1) is 15.0. The van der Waals surface area contributed by atoms with E-state index in [1.807, 2.05) is 0 Å². The summed E-state index contributed by atoms with van der Waals surface area (Å²) in [5, 5.41) is 3.92. The van der Waals surface area contributed by atoms with E-state index in [-0.39, 0.29) is 11.8 Å². The molecule has 0 spiro atoms. The molecule has 0 aliphatic carbocycles. The Kier molecular flexibility index (Phi) is 6.35. The number of alkyl halides is 3. The first-order valence-electron chi connectivity index (χ1n) is 8.63. The minimum Gasteiger partial charge on any atom is -0.465 e. The number of hydrogen-bond acceptors (Lipinski definition) is 5. The van der Waals surface area contributed by atoms with Gasteiger partial charge in [-0.05, 0) is 34.1 Å². The third-order valence-corrected chi connectivity index (χ3v) is 4.93. The molecule has 0 amide bonds. The number of hydrogen-bond donors (Lipinski definition) is 0. The molecule has 0 saturated carbocycles. The van der Waals surface area contributed by atoms with E-state index in [2.05, 4.69) is 30.5 Å². The van der Waals surface area contributed by atoms with Crippen LogP contribution in [0.2, 0.25) is 0 Å². The quantitative estimate of drug-likeness (QED) is 0.270. The smallest absolute Gasteiger partial charge is 0.419 e. The Hall–Kier alpha value is -3.28. The number of para-hydroxylation sites is 1. The molecule has 0 N–H and O–H groups in total. The lowest BCUT2D eigenvalue weighted by molar-refractivity contribution is -0.140. The number of aromatic nitrogens is 2. The summed E-state index contributed by atoms with van der Waals surface area (Å²) in [6, 6.07) is 7.81. The zero-order valence-electron chi connectivity index (χ0n) is 16.3. The van der Waals surface area contributed by atoms with E-state index >= 15 is 0 Å². The molecule has 0 radical (unpaired) electrons. The van der Waals surface area contributed by atoms with Gasteiger partial charge in [-0.2, -0.15) is 18.3 Å². The molecule has 1 aromatic heterocycles. The molecule has 3 aromatic rings. The summed E-state index contributed by atoms with van der Waals surface area (Å²) in [5.74, 6) is -5.89. The fourth-order valence-electron chi connectivity index (χ4n) is 2.95. The van der Waals surface area contributed by atoms with Crippen molar-refractivity contribution >= 4 is 27.9 Å². The number of carbonyl (C=O) groups is 2. The standard InChI is InChI=1S/C20H12BrF5N2O4/c1-31-18(29)13-16(12-14(22)10(20(24,25)26)8-11(21)15(12)23)27-28(17(13)19(30)32-2)9-6-4-3-5-7-9/h3-8H,1-2H3. The maximum Gasteiger partial charge on any atom is 0.419 e.